The van der Waals surface area contributed by atoms with Gasteiger partial charge in [0.2, 0.25) is 11.8 Å². The van der Waals surface area contributed by atoms with Gasteiger partial charge in [0, 0.05) is 19.2 Å². The second-order valence-electron chi connectivity index (χ2n) is 6.51. The zero-order valence-corrected chi connectivity index (χ0v) is 14.7. The molecule has 0 saturated heterocycles. The van der Waals surface area contributed by atoms with E-state index >= 15 is 0 Å². The van der Waals surface area contributed by atoms with Crippen molar-refractivity contribution in [2.24, 2.45) is 0 Å². The molecule has 2 aromatic rings. The van der Waals surface area contributed by atoms with Gasteiger partial charge in [-0.3, -0.25) is 9.59 Å². The fraction of sp³-hybridized carbons (Fsp3) is 0.300. The van der Waals surface area contributed by atoms with Crippen molar-refractivity contribution >= 4 is 17.5 Å². The van der Waals surface area contributed by atoms with Crippen LogP contribution in [-0.2, 0) is 22.2 Å². The third-order valence-corrected chi connectivity index (χ3v) is 4.67. The minimum Gasteiger partial charge on any atom is -0.335 e. The Morgan fingerprint density at radius 1 is 1.15 bits per heavy atom. The third-order valence-electron chi connectivity index (χ3n) is 4.67. The highest BCUT2D eigenvalue weighted by molar-refractivity contribution is 5.91. The summed E-state index contributed by atoms with van der Waals surface area (Å²) in [5.74, 6) is -0.580. The van der Waals surface area contributed by atoms with E-state index in [-0.39, 0.29) is 18.0 Å². The summed E-state index contributed by atoms with van der Waals surface area (Å²) in [7, 11) is 0. The van der Waals surface area contributed by atoms with Gasteiger partial charge in [0.15, 0.2) is 0 Å². The van der Waals surface area contributed by atoms with E-state index < -0.39 is 23.7 Å². The smallest absolute Gasteiger partial charge is 0.335 e. The molecule has 1 unspecified atom stereocenters. The predicted molar refractivity (Wildman–Crippen MR) is 95.0 cm³/mol. The number of hydrogen-bond donors (Lipinski definition) is 1. The van der Waals surface area contributed by atoms with E-state index in [1.807, 2.05) is 24.3 Å². The number of benzene rings is 2. The van der Waals surface area contributed by atoms with Crippen LogP contribution >= 0.6 is 0 Å². The first-order chi connectivity index (χ1) is 12.8. The van der Waals surface area contributed by atoms with Gasteiger partial charge in [-0.05, 0) is 35.7 Å². The molecule has 3 rings (SSSR count). The van der Waals surface area contributed by atoms with Crippen LogP contribution in [0.1, 0.15) is 36.1 Å². The molecule has 7 heteroatoms. The van der Waals surface area contributed by atoms with Crippen molar-refractivity contribution in [2.75, 3.05) is 11.9 Å². The molecular formula is C20H19F3N2O2. The predicted octanol–water partition coefficient (Wildman–Crippen LogP) is 4.18. The molecule has 4 nitrogen and oxygen atoms in total. The van der Waals surface area contributed by atoms with E-state index in [4.69, 9.17) is 0 Å². The van der Waals surface area contributed by atoms with E-state index in [1.165, 1.54) is 19.1 Å². The summed E-state index contributed by atoms with van der Waals surface area (Å²) in [4.78, 5) is 26.1. The Kier molecular flexibility index (Phi) is 5.21. The third kappa shape index (κ3) is 4.30. The Labute approximate surface area is 155 Å². The highest BCUT2D eigenvalue weighted by Crippen LogP contribution is 2.33. The monoisotopic (exact) mass is 376 g/mol. The van der Waals surface area contributed by atoms with Crippen molar-refractivity contribution in [3.63, 3.8) is 0 Å². The van der Waals surface area contributed by atoms with Gasteiger partial charge in [0.1, 0.15) is 0 Å². The molecule has 2 aromatic carbocycles. The average Bonchev–Trinajstić information content (AvgIpc) is 2.61. The van der Waals surface area contributed by atoms with Crippen LogP contribution in [0, 0.1) is 0 Å². The molecule has 2 amide bonds. The van der Waals surface area contributed by atoms with Crippen molar-refractivity contribution < 1.29 is 22.8 Å². The van der Waals surface area contributed by atoms with Gasteiger partial charge in [-0.25, -0.2) is 0 Å². The number of anilines is 1. The topological polar surface area (TPSA) is 49.4 Å². The largest absolute Gasteiger partial charge is 0.416 e. The number of amides is 2. The SMILES string of the molecule is CC(=O)N1CCc2ccccc2C1CC(=O)Nc1cccc(C(F)(F)F)c1. The maximum absolute atomic E-state index is 12.8. The molecule has 1 heterocycles. The van der Waals surface area contributed by atoms with E-state index in [9.17, 15) is 22.8 Å². The zero-order valence-electron chi connectivity index (χ0n) is 14.7. The van der Waals surface area contributed by atoms with Crippen molar-refractivity contribution in [1.29, 1.82) is 0 Å². The first-order valence-electron chi connectivity index (χ1n) is 8.58. The lowest BCUT2D eigenvalue weighted by molar-refractivity contribution is -0.137. The summed E-state index contributed by atoms with van der Waals surface area (Å²) in [6.45, 7) is 1.96. The molecule has 0 aromatic heterocycles. The lowest BCUT2D eigenvalue weighted by Crippen LogP contribution is -2.40. The van der Waals surface area contributed by atoms with E-state index in [1.54, 1.807) is 4.90 Å². The van der Waals surface area contributed by atoms with Crippen LogP contribution in [0.25, 0.3) is 0 Å². The number of nitrogens with one attached hydrogen (secondary N) is 1. The summed E-state index contributed by atoms with van der Waals surface area (Å²) in [6.07, 6.45) is -3.79. The Balaban J connectivity index is 1.79. The number of halogens is 3. The summed E-state index contributed by atoms with van der Waals surface area (Å²) in [6, 6.07) is 11.7. The summed E-state index contributed by atoms with van der Waals surface area (Å²) in [5, 5.41) is 2.52. The highest BCUT2D eigenvalue weighted by Gasteiger charge is 2.32. The summed E-state index contributed by atoms with van der Waals surface area (Å²) >= 11 is 0. The van der Waals surface area contributed by atoms with E-state index in [2.05, 4.69) is 5.32 Å². The molecule has 0 spiro atoms. The molecule has 1 N–H and O–H groups in total. The molecule has 0 radical (unpaired) electrons. The molecule has 0 saturated carbocycles. The minimum atomic E-state index is -4.48. The average molecular weight is 376 g/mol. The van der Waals surface area contributed by atoms with Crippen LogP contribution < -0.4 is 5.32 Å². The molecule has 0 aliphatic carbocycles. The molecule has 27 heavy (non-hydrogen) atoms. The van der Waals surface area contributed by atoms with Gasteiger partial charge in [-0.1, -0.05) is 30.3 Å². The summed E-state index contributed by atoms with van der Waals surface area (Å²) < 4.78 is 38.5. The molecule has 0 fully saturated rings. The molecule has 0 bridgehead atoms. The van der Waals surface area contributed by atoms with Crippen LogP contribution in [0.2, 0.25) is 0 Å². The maximum atomic E-state index is 12.8. The molecule has 1 aliphatic rings. The van der Waals surface area contributed by atoms with Crippen LogP contribution in [-0.4, -0.2) is 23.3 Å². The van der Waals surface area contributed by atoms with E-state index in [0.29, 0.717) is 13.0 Å². The second kappa shape index (κ2) is 7.42. The van der Waals surface area contributed by atoms with Crippen LogP contribution in [0.5, 0.6) is 0 Å². The van der Waals surface area contributed by atoms with Crippen LogP contribution in [0.15, 0.2) is 48.5 Å². The number of carbonyl (C=O) groups is 2. The zero-order chi connectivity index (χ0) is 19.6. The standard InChI is InChI=1S/C20H19F3N2O2/c1-13(26)25-10-9-14-5-2-3-8-17(14)18(25)12-19(27)24-16-7-4-6-15(11-16)20(21,22)23/h2-8,11,18H,9-10,12H2,1H3,(H,24,27). The van der Waals surface area contributed by atoms with Gasteiger partial charge in [0.25, 0.3) is 0 Å². The highest BCUT2D eigenvalue weighted by atomic mass is 19.4. The fourth-order valence-electron chi connectivity index (χ4n) is 3.41. The number of nitrogens with zero attached hydrogens (tertiary/aromatic N) is 1. The molecule has 1 atom stereocenters. The van der Waals surface area contributed by atoms with Crippen molar-refractivity contribution in [3.05, 3.63) is 65.2 Å². The van der Waals surface area contributed by atoms with Crippen LogP contribution in [0.4, 0.5) is 18.9 Å². The Morgan fingerprint density at radius 2 is 1.89 bits per heavy atom. The van der Waals surface area contributed by atoms with Crippen molar-refractivity contribution in [1.82, 2.24) is 4.90 Å². The number of carbonyl (C=O) groups excluding carboxylic acids is 2. The lowest BCUT2D eigenvalue weighted by Gasteiger charge is -2.36. The van der Waals surface area contributed by atoms with Gasteiger partial charge in [0.05, 0.1) is 18.0 Å². The Morgan fingerprint density at radius 3 is 2.59 bits per heavy atom. The maximum Gasteiger partial charge on any atom is 0.416 e. The molecule has 142 valence electrons. The fourth-order valence-corrected chi connectivity index (χ4v) is 3.41. The van der Waals surface area contributed by atoms with Gasteiger partial charge >= 0.3 is 6.18 Å². The van der Waals surface area contributed by atoms with E-state index in [0.717, 1.165) is 23.3 Å². The molecular weight excluding hydrogens is 357 g/mol. The van der Waals surface area contributed by atoms with Crippen LogP contribution in [0.3, 0.4) is 0 Å². The number of rotatable bonds is 3. The minimum absolute atomic E-state index is 0.0210. The Hall–Kier alpha value is -2.83. The van der Waals surface area contributed by atoms with Gasteiger partial charge < -0.3 is 10.2 Å². The summed E-state index contributed by atoms with van der Waals surface area (Å²) in [5.41, 5.74) is 1.23. The van der Waals surface area contributed by atoms with Crippen molar-refractivity contribution in [2.45, 2.75) is 32.0 Å². The normalized spacial score (nSPS) is 16.6. The number of alkyl halides is 3. The first kappa shape index (κ1) is 18.9. The quantitative estimate of drug-likeness (QED) is 0.874. The number of fused-ring (bicyclic) bond motifs is 1. The number of hydrogen-bond acceptors (Lipinski definition) is 2. The second-order valence-corrected chi connectivity index (χ2v) is 6.51. The first-order valence-corrected chi connectivity index (χ1v) is 8.58. The van der Waals surface area contributed by atoms with Gasteiger partial charge in [-0.15, -0.1) is 0 Å². The van der Waals surface area contributed by atoms with Gasteiger partial charge in [-0.2, -0.15) is 13.2 Å². The Bertz CT molecular complexity index is 864. The lowest BCUT2D eigenvalue weighted by atomic mass is 9.90. The van der Waals surface area contributed by atoms with Crippen molar-refractivity contribution in [3.8, 4) is 0 Å². The molecule has 1 aliphatic heterocycles.